The number of hydrogen-bond acceptors (Lipinski definition) is 2. The van der Waals surface area contributed by atoms with Gasteiger partial charge >= 0.3 is 0 Å². The zero-order chi connectivity index (χ0) is 18.3. The smallest absolute Gasteiger partial charge is 0.0833 e. The van der Waals surface area contributed by atoms with Crippen LogP contribution in [0.25, 0.3) is 27.4 Å². The van der Waals surface area contributed by atoms with Crippen LogP contribution in [0.4, 0.5) is 0 Å². The lowest BCUT2D eigenvalue weighted by Crippen LogP contribution is -1.99. The summed E-state index contributed by atoms with van der Waals surface area (Å²) < 4.78 is 2.15. The highest BCUT2D eigenvalue weighted by Gasteiger charge is 2.12. The third kappa shape index (κ3) is 2.61. The largest absolute Gasteiger partial charge is 0.390 e. The molecule has 0 spiro atoms. The van der Waals surface area contributed by atoms with Crippen molar-refractivity contribution in [1.82, 2.24) is 9.55 Å². The molecule has 2 aromatic carbocycles. The van der Waals surface area contributed by atoms with Gasteiger partial charge < -0.3 is 9.67 Å². The van der Waals surface area contributed by atoms with Crippen LogP contribution in [0.2, 0.25) is 0 Å². The average molecular weight is 342 g/mol. The highest BCUT2D eigenvalue weighted by atomic mass is 16.3. The van der Waals surface area contributed by atoms with E-state index in [1.807, 2.05) is 25.1 Å². The second kappa shape index (κ2) is 6.43. The Morgan fingerprint density at radius 3 is 2.69 bits per heavy atom. The topological polar surface area (TPSA) is 38.0 Å². The van der Waals surface area contributed by atoms with Gasteiger partial charge in [0.05, 0.1) is 12.1 Å². The number of pyridine rings is 1. The molecule has 3 heteroatoms. The summed E-state index contributed by atoms with van der Waals surface area (Å²) in [6.07, 6.45) is 0. The third-order valence-corrected chi connectivity index (χ3v) is 4.98. The third-order valence-electron chi connectivity index (χ3n) is 4.98. The van der Waals surface area contributed by atoms with Crippen molar-refractivity contribution >= 4 is 27.4 Å². The number of aliphatic hydroxyl groups is 1. The number of para-hydroxylation sites is 1. The molecule has 0 aliphatic carbocycles. The molecule has 2 heterocycles. The van der Waals surface area contributed by atoms with E-state index in [1.165, 1.54) is 0 Å². The fraction of sp³-hybridized carbons (Fsp3) is 0.174. The molecule has 26 heavy (non-hydrogen) atoms. The Morgan fingerprint density at radius 1 is 1.12 bits per heavy atom. The van der Waals surface area contributed by atoms with Gasteiger partial charge in [-0.25, -0.2) is 0 Å². The Bertz CT molecular complexity index is 1140. The van der Waals surface area contributed by atoms with E-state index < -0.39 is 0 Å². The molecule has 0 aliphatic rings. The lowest BCUT2D eigenvalue weighted by Gasteiger charge is -2.12. The van der Waals surface area contributed by atoms with Crippen molar-refractivity contribution in [2.24, 2.45) is 0 Å². The molecule has 3 nitrogen and oxygen atoms in total. The molecule has 0 saturated heterocycles. The van der Waals surface area contributed by atoms with Crippen LogP contribution in [-0.2, 0) is 13.2 Å². The van der Waals surface area contributed by atoms with Crippen molar-refractivity contribution < 1.29 is 5.11 Å². The van der Waals surface area contributed by atoms with Gasteiger partial charge in [0.15, 0.2) is 0 Å². The molecular weight excluding hydrogens is 320 g/mol. The molecule has 2 aromatic heterocycles. The quantitative estimate of drug-likeness (QED) is 0.562. The van der Waals surface area contributed by atoms with Gasteiger partial charge in [0.25, 0.3) is 0 Å². The highest BCUT2D eigenvalue weighted by molar-refractivity contribution is 5.97. The first-order valence-corrected chi connectivity index (χ1v) is 8.91. The second-order valence-corrected chi connectivity index (χ2v) is 6.62. The van der Waals surface area contributed by atoms with Gasteiger partial charge in [0, 0.05) is 34.2 Å². The summed E-state index contributed by atoms with van der Waals surface area (Å²) in [5.41, 5.74) is 7.25. The van der Waals surface area contributed by atoms with Crippen LogP contribution < -0.4 is 0 Å². The lowest BCUT2D eigenvalue weighted by molar-refractivity contribution is 0.272. The summed E-state index contributed by atoms with van der Waals surface area (Å²) >= 11 is 0. The van der Waals surface area contributed by atoms with E-state index in [1.54, 1.807) is 0 Å². The van der Waals surface area contributed by atoms with Crippen LogP contribution in [0.15, 0.2) is 61.2 Å². The normalized spacial score (nSPS) is 11.3. The number of fused-ring (bicyclic) bond motifs is 2. The highest BCUT2D eigenvalue weighted by Crippen LogP contribution is 2.31. The number of aromatic nitrogens is 2. The Hall–Kier alpha value is -2.91. The molecule has 0 saturated carbocycles. The molecule has 0 unspecified atom stereocenters. The van der Waals surface area contributed by atoms with Gasteiger partial charge in [-0.3, -0.25) is 4.98 Å². The first-order valence-electron chi connectivity index (χ1n) is 8.91. The van der Waals surface area contributed by atoms with Gasteiger partial charge in [-0.05, 0) is 60.9 Å². The number of rotatable bonds is 4. The first kappa shape index (κ1) is 16.6. The molecule has 0 radical (unpaired) electrons. The molecule has 0 atom stereocenters. The Kier molecular flexibility index (Phi) is 4.09. The maximum absolute atomic E-state index is 9.61. The number of aryl methyl sites for hydroxylation is 2. The number of benzene rings is 2. The average Bonchev–Trinajstić information content (AvgIpc) is 3.03. The Balaban J connectivity index is 1.87. The van der Waals surface area contributed by atoms with Crippen LogP contribution in [0.1, 0.15) is 29.4 Å². The summed E-state index contributed by atoms with van der Waals surface area (Å²) in [5.74, 6) is 0. The first-order chi connectivity index (χ1) is 12.6. The number of aliphatic hydroxyl groups excluding tert-OH is 1. The van der Waals surface area contributed by atoms with Gasteiger partial charge in [-0.1, -0.05) is 30.8 Å². The second-order valence-electron chi connectivity index (χ2n) is 6.62. The molecule has 1 N–H and O–H groups in total. The summed E-state index contributed by atoms with van der Waals surface area (Å²) in [5, 5.41) is 11.9. The molecule has 0 aliphatic heterocycles. The van der Waals surface area contributed by atoms with E-state index in [4.69, 9.17) is 0 Å². The van der Waals surface area contributed by atoms with Gasteiger partial charge in [-0.15, -0.1) is 0 Å². The van der Waals surface area contributed by atoms with Crippen LogP contribution in [-0.4, -0.2) is 14.7 Å². The zero-order valence-corrected chi connectivity index (χ0v) is 15.2. The van der Waals surface area contributed by atoms with E-state index in [9.17, 15) is 5.11 Å². The van der Waals surface area contributed by atoms with E-state index in [0.29, 0.717) is 0 Å². The predicted octanol–water partition coefficient (Wildman–Crippen LogP) is 5.07. The molecule has 4 rings (SSSR count). The molecular formula is C23H22N2O. The van der Waals surface area contributed by atoms with Crippen LogP contribution >= 0.6 is 0 Å². The Morgan fingerprint density at radius 2 is 1.92 bits per heavy atom. The molecule has 4 aromatic rings. The minimum atomic E-state index is 0.0486. The fourth-order valence-electron chi connectivity index (χ4n) is 3.73. The van der Waals surface area contributed by atoms with E-state index in [2.05, 4.69) is 59.5 Å². The lowest BCUT2D eigenvalue weighted by atomic mass is 9.95. The molecule has 130 valence electrons. The van der Waals surface area contributed by atoms with Crippen molar-refractivity contribution in [3.05, 3.63) is 83.7 Å². The van der Waals surface area contributed by atoms with E-state index >= 15 is 0 Å². The van der Waals surface area contributed by atoms with Gasteiger partial charge in [0.2, 0.25) is 0 Å². The van der Waals surface area contributed by atoms with Crippen molar-refractivity contribution in [1.29, 1.82) is 0 Å². The summed E-state index contributed by atoms with van der Waals surface area (Å²) in [4.78, 5) is 4.63. The molecule has 0 amide bonds. The van der Waals surface area contributed by atoms with Crippen LogP contribution in [0.5, 0.6) is 0 Å². The maximum Gasteiger partial charge on any atom is 0.0833 e. The Labute approximate surface area is 153 Å². The minimum Gasteiger partial charge on any atom is -0.390 e. The fourth-order valence-corrected chi connectivity index (χ4v) is 3.73. The standard InChI is InChI=1S/C23H22N2O/c1-4-25-19(14-26)13-18-12-17(9-10-23(18)25)16(3)21-11-15(2)24-22-8-6-5-7-20(21)22/h5-13,26H,3-4,14H2,1-2H3. The summed E-state index contributed by atoms with van der Waals surface area (Å²) in [6, 6.07) is 18.7. The van der Waals surface area contributed by atoms with E-state index in [-0.39, 0.29) is 6.61 Å². The molecule has 0 fully saturated rings. The maximum atomic E-state index is 9.61. The monoisotopic (exact) mass is 342 g/mol. The van der Waals surface area contributed by atoms with Crippen molar-refractivity contribution in [3.63, 3.8) is 0 Å². The van der Waals surface area contributed by atoms with Crippen LogP contribution in [0, 0.1) is 6.92 Å². The van der Waals surface area contributed by atoms with Crippen molar-refractivity contribution in [3.8, 4) is 0 Å². The SMILES string of the molecule is C=C(c1ccc2c(c1)cc(CO)n2CC)c1cc(C)nc2ccccc12. The number of hydrogen-bond donors (Lipinski definition) is 1. The zero-order valence-electron chi connectivity index (χ0n) is 15.2. The number of nitrogens with zero attached hydrogens (tertiary/aromatic N) is 2. The summed E-state index contributed by atoms with van der Waals surface area (Å²) in [7, 11) is 0. The van der Waals surface area contributed by atoms with Gasteiger partial charge in [-0.2, -0.15) is 0 Å². The summed E-state index contributed by atoms with van der Waals surface area (Å²) in [6.45, 7) is 9.38. The van der Waals surface area contributed by atoms with Crippen molar-refractivity contribution in [2.45, 2.75) is 27.0 Å². The minimum absolute atomic E-state index is 0.0486. The predicted molar refractivity (Wildman–Crippen MR) is 108 cm³/mol. The molecule has 0 bridgehead atoms. The van der Waals surface area contributed by atoms with Gasteiger partial charge in [0.1, 0.15) is 0 Å². The van der Waals surface area contributed by atoms with Crippen molar-refractivity contribution in [2.75, 3.05) is 0 Å². The van der Waals surface area contributed by atoms with Crippen LogP contribution in [0.3, 0.4) is 0 Å². The van der Waals surface area contributed by atoms with E-state index in [0.717, 1.165) is 56.4 Å².